The van der Waals surface area contributed by atoms with E-state index in [1.165, 1.54) is 0 Å². The maximum atomic E-state index is 11.5. The van der Waals surface area contributed by atoms with Crippen LogP contribution < -0.4 is 9.64 Å². The molecule has 0 bridgehead atoms. The summed E-state index contributed by atoms with van der Waals surface area (Å²) >= 11 is 0. The van der Waals surface area contributed by atoms with E-state index >= 15 is 0 Å². The van der Waals surface area contributed by atoms with Crippen LogP contribution in [0.5, 0.6) is 5.88 Å². The maximum absolute atomic E-state index is 11.5. The molecule has 1 aliphatic rings. The van der Waals surface area contributed by atoms with Crippen molar-refractivity contribution in [3.8, 4) is 5.88 Å². The van der Waals surface area contributed by atoms with Crippen molar-refractivity contribution in [3.05, 3.63) is 12.1 Å². The summed E-state index contributed by atoms with van der Waals surface area (Å²) in [7, 11) is 1.95. The molecule has 6 nitrogen and oxygen atoms in total. The molecular formula is C13H20N4O2. The van der Waals surface area contributed by atoms with Crippen LogP contribution in [0, 0.1) is 0 Å². The molecule has 1 aromatic heterocycles. The zero-order valence-electron chi connectivity index (χ0n) is 11.5. The third-order valence-electron chi connectivity index (χ3n) is 3.19. The number of hydrogen-bond donors (Lipinski definition) is 0. The van der Waals surface area contributed by atoms with Crippen LogP contribution in [0.4, 0.5) is 5.82 Å². The Balaban J connectivity index is 1.85. The first-order valence-corrected chi connectivity index (χ1v) is 6.66. The molecule has 1 aromatic rings. The van der Waals surface area contributed by atoms with Crippen LogP contribution in [-0.4, -0.2) is 54.3 Å². The van der Waals surface area contributed by atoms with Gasteiger partial charge in [0.05, 0.1) is 6.61 Å². The molecule has 0 atom stereocenters. The molecule has 104 valence electrons. The minimum atomic E-state index is 0.256. The highest BCUT2D eigenvalue weighted by Gasteiger charge is 2.20. The third-order valence-corrected chi connectivity index (χ3v) is 3.19. The highest BCUT2D eigenvalue weighted by atomic mass is 16.5. The molecule has 0 saturated carbocycles. The maximum Gasteiger partial charge on any atom is 0.233 e. The van der Waals surface area contributed by atoms with Gasteiger partial charge in [-0.15, -0.1) is 10.2 Å². The Hall–Kier alpha value is -1.85. The van der Waals surface area contributed by atoms with Crippen molar-refractivity contribution in [3.63, 3.8) is 0 Å². The van der Waals surface area contributed by atoms with Crippen LogP contribution in [0.3, 0.4) is 0 Å². The molecule has 0 spiro atoms. The number of aromatic nitrogens is 2. The van der Waals surface area contributed by atoms with Gasteiger partial charge in [-0.05, 0) is 19.4 Å². The van der Waals surface area contributed by atoms with Crippen LogP contribution in [0.15, 0.2) is 12.1 Å². The van der Waals surface area contributed by atoms with E-state index in [0.29, 0.717) is 18.9 Å². The molecule has 6 heteroatoms. The smallest absolute Gasteiger partial charge is 0.233 e. The van der Waals surface area contributed by atoms with Gasteiger partial charge in [0.2, 0.25) is 11.8 Å². The SMILES string of the molecule is CCOc1ccc(N(C)CCN2CCCC2=O)nn1. The van der Waals surface area contributed by atoms with Crippen LogP contribution in [0.1, 0.15) is 19.8 Å². The van der Waals surface area contributed by atoms with E-state index in [1.54, 1.807) is 0 Å². The van der Waals surface area contributed by atoms with Crippen LogP contribution >= 0.6 is 0 Å². The van der Waals surface area contributed by atoms with E-state index in [1.807, 2.05) is 35.9 Å². The number of nitrogens with zero attached hydrogens (tertiary/aromatic N) is 4. The lowest BCUT2D eigenvalue weighted by Crippen LogP contribution is -2.34. The van der Waals surface area contributed by atoms with E-state index in [0.717, 1.165) is 31.9 Å². The Morgan fingerprint density at radius 1 is 1.42 bits per heavy atom. The summed E-state index contributed by atoms with van der Waals surface area (Å²) in [6.07, 6.45) is 1.66. The first-order valence-electron chi connectivity index (χ1n) is 6.66. The van der Waals surface area contributed by atoms with Crippen molar-refractivity contribution in [2.45, 2.75) is 19.8 Å². The monoisotopic (exact) mass is 264 g/mol. The van der Waals surface area contributed by atoms with E-state index in [4.69, 9.17) is 4.74 Å². The predicted octanol–water partition coefficient (Wildman–Crippen LogP) is 0.934. The van der Waals surface area contributed by atoms with Crippen molar-refractivity contribution < 1.29 is 9.53 Å². The normalized spacial score (nSPS) is 14.8. The summed E-state index contributed by atoms with van der Waals surface area (Å²) in [5, 5.41) is 8.10. The Morgan fingerprint density at radius 2 is 2.26 bits per heavy atom. The first-order chi connectivity index (χ1) is 9.20. The average Bonchev–Trinajstić information content (AvgIpc) is 2.83. The second kappa shape index (κ2) is 6.36. The molecule has 0 radical (unpaired) electrons. The Labute approximate surface area is 113 Å². The van der Waals surface area contributed by atoms with Gasteiger partial charge in [0.15, 0.2) is 5.82 Å². The molecule has 0 aromatic carbocycles. The number of likely N-dealkylation sites (N-methyl/N-ethyl adjacent to an activating group) is 1. The molecule has 19 heavy (non-hydrogen) atoms. The summed E-state index contributed by atoms with van der Waals surface area (Å²) in [4.78, 5) is 15.4. The van der Waals surface area contributed by atoms with Crippen molar-refractivity contribution in [2.75, 3.05) is 38.2 Å². The summed E-state index contributed by atoms with van der Waals surface area (Å²) in [6.45, 7) is 4.87. The number of carbonyl (C=O) groups excluding carboxylic acids is 1. The second-order valence-electron chi connectivity index (χ2n) is 4.57. The van der Waals surface area contributed by atoms with Crippen molar-refractivity contribution in [1.82, 2.24) is 15.1 Å². The largest absolute Gasteiger partial charge is 0.477 e. The molecule has 0 aliphatic carbocycles. The lowest BCUT2D eigenvalue weighted by atomic mass is 10.4. The van der Waals surface area contributed by atoms with Crippen LogP contribution in [0.25, 0.3) is 0 Å². The van der Waals surface area contributed by atoms with Crippen molar-refractivity contribution >= 4 is 11.7 Å². The van der Waals surface area contributed by atoms with E-state index < -0.39 is 0 Å². The van der Waals surface area contributed by atoms with Gasteiger partial charge in [-0.3, -0.25) is 4.79 Å². The topological polar surface area (TPSA) is 58.6 Å². The molecule has 0 N–H and O–H groups in total. The summed E-state index contributed by atoms with van der Waals surface area (Å²) < 4.78 is 5.25. The highest BCUT2D eigenvalue weighted by Crippen LogP contribution is 2.13. The van der Waals surface area contributed by atoms with Crippen LogP contribution in [0.2, 0.25) is 0 Å². The van der Waals surface area contributed by atoms with Gasteiger partial charge in [-0.1, -0.05) is 0 Å². The lowest BCUT2D eigenvalue weighted by Gasteiger charge is -2.22. The molecule has 1 fully saturated rings. The number of carbonyl (C=O) groups is 1. The lowest BCUT2D eigenvalue weighted by molar-refractivity contribution is -0.127. The fraction of sp³-hybridized carbons (Fsp3) is 0.615. The quantitative estimate of drug-likeness (QED) is 0.765. The summed E-state index contributed by atoms with van der Waals surface area (Å²) in [5.41, 5.74) is 0. The number of anilines is 1. The van der Waals surface area contributed by atoms with Crippen molar-refractivity contribution in [1.29, 1.82) is 0 Å². The van der Waals surface area contributed by atoms with E-state index in [2.05, 4.69) is 10.2 Å². The number of rotatable bonds is 6. The van der Waals surface area contributed by atoms with E-state index in [9.17, 15) is 4.79 Å². The van der Waals surface area contributed by atoms with Gasteiger partial charge < -0.3 is 14.5 Å². The molecule has 0 unspecified atom stereocenters. The van der Waals surface area contributed by atoms with Gasteiger partial charge in [0.1, 0.15) is 0 Å². The van der Waals surface area contributed by atoms with Gasteiger partial charge in [0.25, 0.3) is 0 Å². The highest BCUT2D eigenvalue weighted by molar-refractivity contribution is 5.78. The molecular weight excluding hydrogens is 244 g/mol. The minimum Gasteiger partial charge on any atom is -0.477 e. The fourth-order valence-electron chi connectivity index (χ4n) is 2.07. The molecule has 2 heterocycles. The Bertz CT molecular complexity index is 421. The third kappa shape index (κ3) is 3.56. The van der Waals surface area contributed by atoms with Crippen LogP contribution in [-0.2, 0) is 4.79 Å². The number of likely N-dealkylation sites (tertiary alicyclic amines) is 1. The molecule has 1 saturated heterocycles. The minimum absolute atomic E-state index is 0.256. The number of ether oxygens (including phenoxy) is 1. The zero-order chi connectivity index (χ0) is 13.7. The Morgan fingerprint density at radius 3 is 2.84 bits per heavy atom. The zero-order valence-corrected chi connectivity index (χ0v) is 11.5. The first kappa shape index (κ1) is 13.6. The predicted molar refractivity (Wildman–Crippen MR) is 72.3 cm³/mol. The van der Waals surface area contributed by atoms with Gasteiger partial charge in [-0.25, -0.2) is 0 Å². The molecule has 1 aliphatic heterocycles. The van der Waals surface area contributed by atoms with Crippen molar-refractivity contribution in [2.24, 2.45) is 0 Å². The summed E-state index contributed by atoms with van der Waals surface area (Å²) in [6, 6.07) is 3.69. The van der Waals surface area contributed by atoms with Gasteiger partial charge in [-0.2, -0.15) is 0 Å². The number of hydrogen-bond acceptors (Lipinski definition) is 5. The molecule has 2 rings (SSSR count). The Kier molecular flexibility index (Phi) is 4.54. The fourth-order valence-corrected chi connectivity index (χ4v) is 2.07. The average molecular weight is 264 g/mol. The standard InChI is InChI=1S/C13H20N4O2/c1-3-19-12-7-6-11(14-15-12)16(2)9-10-17-8-4-5-13(17)18/h6-7H,3-5,8-10H2,1-2H3. The summed E-state index contributed by atoms with van der Waals surface area (Å²) in [5.74, 6) is 1.58. The van der Waals surface area contributed by atoms with Gasteiger partial charge in [0, 0.05) is 39.2 Å². The van der Waals surface area contributed by atoms with E-state index in [-0.39, 0.29) is 5.91 Å². The second-order valence-corrected chi connectivity index (χ2v) is 4.57. The van der Waals surface area contributed by atoms with Gasteiger partial charge >= 0.3 is 0 Å². The molecule has 1 amide bonds. The number of amides is 1.